The minimum atomic E-state index is -1.71. The smallest absolute Gasteiger partial charge is 0.108 e. The SMILES string of the molecule is C=C(Br)C[C@H]1O[C@H]2C[C@@H](OCc3ccccc3)[C@H](COCc3ccccc3)O[C@@H]2C[C@H]([Si](C)(C)C)[C@@H]1O. The zero-order valence-electron chi connectivity index (χ0n) is 22.2. The highest BCUT2D eigenvalue weighted by Crippen LogP contribution is 2.42. The molecule has 2 aliphatic heterocycles. The summed E-state index contributed by atoms with van der Waals surface area (Å²) in [5, 5.41) is 11.4. The predicted octanol–water partition coefficient (Wildman–Crippen LogP) is 6.47. The maximum Gasteiger partial charge on any atom is 0.108 e. The van der Waals surface area contributed by atoms with Crippen LogP contribution in [0.25, 0.3) is 0 Å². The number of aliphatic hydroxyl groups is 1. The molecule has 2 saturated heterocycles. The number of hydrogen-bond acceptors (Lipinski definition) is 5. The van der Waals surface area contributed by atoms with Crippen LogP contribution in [0.4, 0.5) is 0 Å². The first-order chi connectivity index (χ1) is 17.7. The standard InChI is InChI=1S/C30H41BrO5Si/c1-21(31)15-27-30(32)29(37(2,3)4)17-26-25(35-27)16-24(34-19-23-13-9-6-10-14-23)28(36-26)20-33-18-22-11-7-5-8-12-22/h5-14,24-30,32H,1,15-20H2,2-4H3/t24-,25+,26-,27-,28+,29+,30-/m1/s1. The van der Waals surface area contributed by atoms with Gasteiger partial charge < -0.3 is 24.1 Å². The number of benzene rings is 2. The summed E-state index contributed by atoms with van der Waals surface area (Å²) < 4.78 is 26.8. The Hall–Kier alpha value is -1.32. The Morgan fingerprint density at radius 1 is 0.919 bits per heavy atom. The monoisotopic (exact) mass is 588 g/mol. The molecule has 2 aromatic rings. The number of ether oxygens (including phenoxy) is 4. The van der Waals surface area contributed by atoms with Crippen molar-refractivity contribution in [3.8, 4) is 0 Å². The highest BCUT2D eigenvalue weighted by atomic mass is 79.9. The van der Waals surface area contributed by atoms with Gasteiger partial charge in [0.1, 0.15) is 6.10 Å². The fourth-order valence-corrected chi connectivity index (χ4v) is 7.95. The van der Waals surface area contributed by atoms with Crippen LogP contribution in [0.3, 0.4) is 0 Å². The summed E-state index contributed by atoms with van der Waals surface area (Å²) in [7, 11) is -1.71. The van der Waals surface area contributed by atoms with Gasteiger partial charge in [0, 0.05) is 12.8 Å². The zero-order chi connectivity index (χ0) is 26.4. The molecule has 0 aliphatic carbocycles. The van der Waals surface area contributed by atoms with Crippen molar-refractivity contribution in [1.82, 2.24) is 0 Å². The van der Waals surface area contributed by atoms with Crippen molar-refractivity contribution in [3.63, 3.8) is 0 Å². The molecule has 0 bridgehead atoms. The summed E-state index contributed by atoms with van der Waals surface area (Å²) in [4.78, 5) is 0. The maximum absolute atomic E-state index is 11.4. The third kappa shape index (κ3) is 8.08. The molecule has 7 atom stereocenters. The normalized spacial score (nSPS) is 30.4. The fourth-order valence-electron chi connectivity index (χ4n) is 5.46. The van der Waals surface area contributed by atoms with E-state index in [0.29, 0.717) is 32.7 Å². The molecular formula is C30H41BrO5Si. The molecule has 0 unspecified atom stereocenters. The molecule has 0 radical (unpaired) electrons. The molecule has 37 heavy (non-hydrogen) atoms. The number of aliphatic hydroxyl groups excluding tert-OH is 1. The van der Waals surface area contributed by atoms with Crippen molar-refractivity contribution >= 4 is 24.0 Å². The Morgan fingerprint density at radius 3 is 2.08 bits per heavy atom. The molecule has 5 nitrogen and oxygen atoms in total. The lowest BCUT2D eigenvalue weighted by atomic mass is 9.95. The quantitative estimate of drug-likeness (QED) is 0.322. The summed E-state index contributed by atoms with van der Waals surface area (Å²) in [6.07, 6.45) is 0.547. The van der Waals surface area contributed by atoms with Gasteiger partial charge in [-0.1, -0.05) is 103 Å². The van der Waals surface area contributed by atoms with E-state index in [9.17, 15) is 5.11 Å². The number of rotatable bonds is 10. The predicted molar refractivity (Wildman–Crippen MR) is 153 cm³/mol. The first-order valence-corrected chi connectivity index (χ1v) is 17.7. The second kappa shape index (κ2) is 13.2. The Kier molecular flexibility index (Phi) is 10.2. The van der Waals surface area contributed by atoms with Gasteiger partial charge in [-0.3, -0.25) is 0 Å². The second-order valence-corrected chi connectivity index (χ2v) is 18.0. The van der Waals surface area contributed by atoms with Crippen molar-refractivity contribution < 1.29 is 24.1 Å². The van der Waals surface area contributed by atoms with Crippen LogP contribution in [0.15, 0.2) is 71.7 Å². The van der Waals surface area contributed by atoms with Gasteiger partial charge in [0.05, 0.1) is 58.4 Å². The van der Waals surface area contributed by atoms with Crippen molar-refractivity contribution in [2.45, 2.75) is 94.3 Å². The van der Waals surface area contributed by atoms with Crippen LogP contribution in [0.5, 0.6) is 0 Å². The van der Waals surface area contributed by atoms with E-state index in [0.717, 1.165) is 22.0 Å². The molecule has 4 rings (SSSR count). The van der Waals surface area contributed by atoms with Crippen LogP contribution in [0.2, 0.25) is 25.2 Å². The molecule has 2 aliphatic rings. The van der Waals surface area contributed by atoms with E-state index in [4.69, 9.17) is 18.9 Å². The summed E-state index contributed by atoms with van der Waals surface area (Å²) in [5.74, 6) is 0. The van der Waals surface area contributed by atoms with E-state index in [1.807, 2.05) is 36.4 Å². The summed E-state index contributed by atoms with van der Waals surface area (Å²) >= 11 is 3.49. The molecule has 0 saturated carbocycles. The van der Waals surface area contributed by atoms with Crippen LogP contribution in [-0.4, -0.2) is 56.4 Å². The van der Waals surface area contributed by atoms with Crippen molar-refractivity contribution in [1.29, 1.82) is 0 Å². The van der Waals surface area contributed by atoms with Crippen LogP contribution in [-0.2, 0) is 32.2 Å². The topological polar surface area (TPSA) is 57.2 Å². The van der Waals surface area contributed by atoms with Gasteiger partial charge in [-0.05, 0) is 27.6 Å². The molecule has 0 aromatic heterocycles. The van der Waals surface area contributed by atoms with Gasteiger partial charge in [0.15, 0.2) is 0 Å². The largest absolute Gasteiger partial charge is 0.390 e. The minimum absolute atomic E-state index is 0.109. The first-order valence-electron chi connectivity index (χ1n) is 13.3. The summed E-state index contributed by atoms with van der Waals surface area (Å²) in [6, 6.07) is 20.4. The highest BCUT2D eigenvalue weighted by molar-refractivity contribution is 9.11. The van der Waals surface area contributed by atoms with Crippen LogP contribution < -0.4 is 0 Å². The lowest BCUT2D eigenvalue weighted by Gasteiger charge is -2.42. The van der Waals surface area contributed by atoms with Gasteiger partial charge in [0.2, 0.25) is 0 Å². The Morgan fingerprint density at radius 2 is 1.49 bits per heavy atom. The van der Waals surface area contributed by atoms with E-state index in [2.05, 4.69) is 66.4 Å². The third-order valence-corrected chi connectivity index (χ3v) is 10.6. The van der Waals surface area contributed by atoms with Gasteiger partial charge in [-0.25, -0.2) is 0 Å². The van der Waals surface area contributed by atoms with E-state index in [1.54, 1.807) is 0 Å². The maximum atomic E-state index is 11.4. The van der Waals surface area contributed by atoms with Crippen LogP contribution in [0, 0.1) is 0 Å². The molecule has 0 amide bonds. The van der Waals surface area contributed by atoms with E-state index >= 15 is 0 Å². The fraction of sp³-hybridized carbons (Fsp3) is 0.533. The molecule has 2 heterocycles. The second-order valence-electron chi connectivity index (χ2n) is 11.4. The third-order valence-electron chi connectivity index (χ3n) is 7.51. The van der Waals surface area contributed by atoms with Gasteiger partial charge in [-0.15, -0.1) is 0 Å². The summed E-state index contributed by atoms with van der Waals surface area (Å²) in [5.41, 5.74) is 2.42. The average Bonchev–Trinajstić information content (AvgIpc) is 2.99. The van der Waals surface area contributed by atoms with Crippen molar-refractivity contribution in [2.24, 2.45) is 0 Å². The Bertz CT molecular complexity index is 982. The van der Waals surface area contributed by atoms with Gasteiger partial charge >= 0.3 is 0 Å². The molecular weight excluding hydrogens is 548 g/mol. The molecule has 7 heteroatoms. The molecule has 1 N–H and O–H groups in total. The van der Waals surface area contributed by atoms with Gasteiger partial charge in [-0.2, -0.15) is 0 Å². The molecule has 2 fully saturated rings. The summed E-state index contributed by atoms with van der Waals surface area (Å²) in [6.45, 7) is 12.4. The van der Waals surface area contributed by atoms with E-state index in [-0.39, 0.29) is 36.1 Å². The zero-order valence-corrected chi connectivity index (χ0v) is 24.8. The first kappa shape index (κ1) is 28.7. The molecule has 2 aromatic carbocycles. The van der Waals surface area contributed by atoms with Crippen molar-refractivity contribution in [3.05, 3.63) is 82.9 Å². The van der Waals surface area contributed by atoms with E-state index < -0.39 is 14.2 Å². The highest BCUT2D eigenvalue weighted by Gasteiger charge is 2.49. The van der Waals surface area contributed by atoms with Crippen LogP contribution >= 0.6 is 15.9 Å². The molecule has 0 spiro atoms. The number of hydrogen-bond donors (Lipinski definition) is 1. The lowest BCUT2D eigenvalue weighted by molar-refractivity contribution is -0.219. The number of fused-ring (bicyclic) bond motifs is 1. The van der Waals surface area contributed by atoms with E-state index in [1.165, 1.54) is 0 Å². The molecule has 202 valence electrons. The van der Waals surface area contributed by atoms with Crippen LogP contribution in [0.1, 0.15) is 30.4 Å². The minimum Gasteiger partial charge on any atom is -0.390 e. The Balaban J connectivity index is 1.51. The lowest BCUT2D eigenvalue weighted by Crippen LogP contribution is -2.51. The Labute approximate surface area is 231 Å². The van der Waals surface area contributed by atoms with Crippen molar-refractivity contribution in [2.75, 3.05) is 6.61 Å². The number of halogens is 1. The van der Waals surface area contributed by atoms with Gasteiger partial charge in [0.25, 0.3) is 0 Å². The average molecular weight is 590 g/mol.